The highest BCUT2D eigenvalue weighted by atomic mass is 16.5. The van der Waals surface area contributed by atoms with E-state index in [1.807, 2.05) is 0 Å². The quantitative estimate of drug-likeness (QED) is 0.0566. The molecule has 0 radical (unpaired) electrons. The average Bonchev–Trinajstić information content (AvgIpc) is 3.17. The molecule has 0 aliphatic rings. The van der Waals surface area contributed by atoms with Crippen LogP contribution in [0.3, 0.4) is 0 Å². The predicted molar refractivity (Wildman–Crippen MR) is 198 cm³/mol. The van der Waals surface area contributed by atoms with E-state index in [0.717, 1.165) is 0 Å². The molecule has 2 amide bonds. The van der Waals surface area contributed by atoms with Crippen molar-refractivity contribution in [3.05, 3.63) is 167 Å². The number of ether oxygens (including phenoxy) is 2. The minimum absolute atomic E-state index is 0.242. The fourth-order valence-electron chi connectivity index (χ4n) is 5.10. The number of hydrogen-bond donors (Lipinski definition) is 4. The van der Waals surface area contributed by atoms with Gasteiger partial charge in [-0.1, -0.05) is 36.4 Å². The molecule has 0 saturated heterocycles. The van der Waals surface area contributed by atoms with Crippen molar-refractivity contribution in [2.75, 3.05) is 22.1 Å². The lowest BCUT2D eigenvalue weighted by Gasteiger charge is -2.15. The summed E-state index contributed by atoms with van der Waals surface area (Å²) >= 11 is 0. The number of rotatable bonds is 12. The SMILES string of the molecule is Nc1cccc(Oc2ccc(C(=O)c3ccc(Oc4cccc(N)c4NC(=O)c4ccc(C=O)cc4)cc3)cc2)c1NC(=O)c1ccc(C=O)cc1. The second kappa shape index (κ2) is 15.3. The summed E-state index contributed by atoms with van der Waals surface area (Å²) in [6, 6.07) is 35.2. The molecule has 6 N–H and O–H groups in total. The molecule has 0 heterocycles. The molecule has 52 heavy (non-hydrogen) atoms. The van der Waals surface area contributed by atoms with E-state index in [4.69, 9.17) is 20.9 Å². The van der Waals surface area contributed by atoms with Gasteiger partial charge in [-0.05, 0) is 97.1 Å². The number of carbonyl (C=O) groups excluding carboxylic acids is 5. The lowest BCUT2D eigenvalue weighted by molar-refractivity contribution is 0.101. The van der Waals surface area contributed by atoms with Crippen molar-refractivity contribution < 1.29 is 33.4 Å². The van der Waals surface area contributed by atoms with Crippen LogP contribution in [0.15, 0.2) is 133 Å². The molecular weight excluding hydrogens is 660 g/mol. The molecule has 0 atom stereocenters. The molecule has 6 rings (SSSR count). The lowest BCUT2D eigenvalue weighted by Crippen LogP contribution is -2.14. The maximum absolute atomic E-state index is 13.3. The van der Waals surface area contributed by atoms with Crippen LogP contribution in [0, 0.1) is 0 Å². The van der Waals surface area contributed by atoms with Gasteiger partial charge < -0.3 is 31.6 Å². The van der Waals surface area contributed by atoms with Crippen LogP contribution in [-0.2, 0) is 0 Å². The van der Waals surface area contributed by atoms with Crippen LogP contribution in [0.1, 0.15) is 57.4 Å². The highest BCUT2D eigenvalue weighted by Gasteiger charge is 2.17. The predicted octanol–water partition coefficient (Wildman–Crippen LogP) is 7.80. The third-order valence-electron chi connectivity index (χ3n) is 7.90. The fraction of sp³-hybridized carbons (Fsp3) is 0. The van der Waals surface area contributed by atoms with E-state index in [0.29, 0.717) is 69.0 Å². The number of nitrogen functional groups attached to an aromatic ring is 2. The minimum Gasteiger partial charge on any atom is -0.455 e. The number of hydrogen-bond acceptors (Lipinski definition) is 9. The van der Waals surface area contributed by atoms with Crippen LogP contribution in [0.2, 0.25) is 0 Å². The number of anilines is 4. The maximum atomic E-state index is 13.3. The topological polar surface area (TPSA) is 180 Å². The first-order valence-corrected chi connectivity index (χ1v) is 15.8. The normalized spacial score (nSPS) is 10.5. The Labute approximate surface area is 297 Å². The van der Waals surface area contributed by atoms with Gasteiger partial charge in [-0.15, -0.1) is 0 Å². The van der Waals surface area contributed by atoms with Gasteiger partial charge in [-0.25, -0.2) is 0 Å². The van der Waals surface area contributed by atoms with Gasteiger partial charge in [-0.3, -0.25) is 24.0 Å². The first-order valence-electron chi connectivity index (χ1n) is 15.8. The van der Waals surface area contributed by atoms with Crippen molar-refractivity contribution in [1.82, 2.24) is 0 Å². The minimum atomic E-state index is -0.434. The van der Waals surface area contributed by atoms with Crippen molar-refractivity contribution in [3.8, 4) is 23.0 Å². The van der Waals surface area contributed by atoms with Gasteiger partial charge in [0.2, 0.25) is 0 Å². The van der Waals surface area contributed by atoms with Crippen molar-refractivity contribution in [3.63, 3.8) is 0 Å². The third kappa shape index (κ3) is 7.85. The summed E-state index contributed by atoms with van der Waals surface area (Å²) in [4.78, 5) is 61.0. The highest BCUT2D eigenvalue weighted by Crippen LogP contribution is 2.36. The molecule has 0 aromatic heterocycles. The van der Waals surface area contributed by atoms with E-state index in [1.165, 1.54) is 24.3 Å². The Morgan fingerprint density at radius 3 is 1.15 bits per heavy atom. The summed E-state index contributed by atoms with van der Waals surface area (Å²) in [5, 5.41) is 5.54. The first-order chi connectivity index (χ1) is 25.2. The molecule has 6 aromatic rings. The molecule has 0 fully saturated rings. The first kappa shape index (κ1) is 34.3. The molecule has 0 spiro atoms. The molecule has 0 saturated carbocycles. The molecule has 0 bridgehead atoms. The number of carbonyl (C=O) groups is 5. The van der Waals surface area contributed by atoms with Crippen molar-refractivity contribution >= 4 is 52.9 Å². The van der Waals surface area contributed by atoms with Crippen molar-refractivity contribution in [2.24, 2.45) is 0 Å². The Morgan fingerprint density at radius 2 is 0.808 bits per heavy atom. The third-order valence-corrected chi connectivity index (χ3v) is 7.90. The van der Waals surface area contributed by atoms with Gasteiger partial charge >= 0.3 is 0 Å². The number of amides is 2. The maximum Gasteiger partial charge on any atom is 0.255 e. The van der Waals surface area contributed by atoms with E-state index < -0.39 is 11.8 Å². The lowest BCUT2D eigenvalue weighted by atomic mass is 10.0. The zero-order valence-corrected chi connectivity index (χ0v) is 27.4. The van der Waals surface area contributed by atoms with Crippen LogP contribution in [0.25, 0.3) is 0 Å². The standard InChI is InChI=1S/C41H30N4O7/c42-33-3-1-5-35(37(33)44-40(49)29-11-7-25(23-46)8-12-29)51-31-19-15-27(16-20-31)39(48)28-17-21-32(22-18-28)52-36-6-2-4-34(43)38(36)45-41(50)30-13-9-26(24-47)10-14-30/h1-24H,42-43H2,(H,44,49)(H,45,50). The molecular formula is C41H30N4O7. The van der Waals surface area contributed by atoms with Gasteiger partial charge in [0.1, 0.15) is 35.4 Å². The number of nitrogens with one attached hydrogen (secondary N) is 2. The second-order valence-corrected chi connectivity index (χ2v) is 11.4. The van der Waals surface area contributed by atoms with E-state index in [-0.39, 0.29) is 28.5 Å². The van der Waals surface area contributed by atoms with Crippen LogP contribution in [0.5, 0.6) is 23.0 Å². The van der Waals surface area contributed by atoms with Gasteiger partial charge in [-0.2, -0.15) is 0 Å². The number of nitrogens with two attached hydrogens (primary N) is 2. The van der Waals surface area contributed by atoms with Crippen molar-refractivity contribution in [1.29, 1.82) is 0 Å². The summed E-state index contributed by atoms with van der Waals surface area (Å²) in [5.74, 6) is 0.285. The zero-order valence-electron chi connectivity index (χ0n) is 27.4. The Hall–Kier alpha value is -7.53. The van der Waals surface area contributed by atoms with Crippen LogP contribution in [0.4, 0.5) is 22.7 Å². The molecule has 11 nitrogen and oxygen atoms in total. The Balaban J connectivity index is 1.11. The Morgan fingerprint density at radius 1 is 0.462 bits per heavy atom. The van der Waals surface area contributed by atoms with E-state index >= 15 is 0 Å². The van der Waals surface area contributed by atoms with Gasteiger partial charge in [0.15, 0.2) is 17.3 Å². The Kier molecular flexibility index (Phi) is 10.1. The summed E-state index contributed by atoms with van der Waals surface area (Å²) in [6.45, 7) is 0. The Bertz CT molecular complexity index is 2120. The van der Waals surface area contributed by atoms with Crippen LogP contribution < -0.4 is 31.6 Å². The molecule has 11 heteroatoms. The number of aldehydes is 2. The number of para-hydroxylation sites is 2. The number of ketones is 1. The van der Waals surface area contributed by atoms with Gasteiger partial charge in [0.25, 0.3) is 11.8 Å². The van der Waals surface area contributed by atoms with E-state index in [1.54, 1.807) is 109 Å². The highest BCUT2D eigenvalue weighted by molar-refractivity contribution is 6.09. The van der Waals surface area contributed by atoms with E-state index in [9.17, 15) is 24.0 Å². The van der Waals surface area contributed by atoms with Gasteiger partial charge in [0.05, 0.1) is 11.4 Å². The second-order valence-electron chi connectivity index (χ2n) is 11.4. The smallest absolute Gasteiger partial charge is 0.255 e. The molecule has 0 aliphatic carbocycles. The summed E-state index contributed by atoms with van der Waals surface area (Å²) < 4.78 is 12.1. The average molecular weight is 691 g/mol. The molecule has 0 aliphatic heterocycles. The molecule has 6 aromatic carbocycles. The fourth-order valence-corrected chi connectivity index (χ4v) is 5.10. The van der Waals surface area contributed by atoms with Crippen molar-refractivity contribution in [2.45, 2.75) is 0 Å². The largest absolute Gasteiger partial charge is 0.455 e. The summed E-state index contributed by atoms with van der Waals surface area (Å²) in [5.41, 5.74) is 15.8. The summed E-state index contributed by atoms with van der Waals surface area (Å²) in [6.07, 6.45) is 1.39. The zero-order chi connectivity index (χ0) is 36.6. The summed E-state index contributed by atoms with van der Waals surface area (Å²) in [7, 11) is 0. The monoisotopic (exact) mass is 690 g/mol. The van der Waals surface area contributed by atoms with Crippen LogP contribution in [-0.4, -0.2) is 30.2 Å². The van der Waals surface area contributed by atoms with Crippen LogP contribution >= 0.6 is 0 Å². The molecule has 256 valence electrons. The molecule has 0 unspecified atom stereocenters. The van der Waals surface area contributed by atoms with Gasteiger partial charge in [0, 0.05) is 33.4 Å². The van der Waals surface area contributed by atoms with E-state index in [2.05, 4.69) is 10.6 Å². The number of benzene rings is 6.